The molecule has 0 radical (unpaired) electrons. The van der Waals surface area contributed by atoms with E-state index in [2.05, 4.69) is 0 Å². The first-order valence-electron chi connectivity index (χ1n) is 9.98. The van der Waals surface area contributed by atoms with Crippen LogP contribution in [0, 0.1) is 5.92 Å². The van der Waals surface area contributed by atoms with Gasteiger partial charge in [-0.2, -0.15) is 0 Å². The first-order chi connectivity index (χ1) is 15.5. The standard InChI is InChI=1S/C25H22O7/c1-29-21-10-8-16(12-19(21)26)24-22(25(28)30-2)23(27)18-13-17(9-11-20(18)32-24)31-14-15-6-4-3-5-7-15/h3-13,22,24,26H,14H2,1-2H3. The van der Waals surface area contributed by atoms with Crippen LogP contribution in [-0.2, 0) is 16.1 Å². The number of hydrogen-bond donors (Lipinski definition) is 1. The number of fused-ring (bicyclic) bond motifs is 1. The number of methoxy groups -OCH3 is 2. The van der Waals surface area contributed by atoms with Gasteiger partial charge in [0.15, 0.2) is 23.2 Å². The fourth-order valence-corrected chi connectivity index (χ4v) is 3.65. The van der Waals surface area contributed by atoms with E-state index in [1.165, 1.54) is 20.3 Å². The molecule has 0 fully saturated rings. The Labute approximate surface area is 185 Å². The van der Waals surface area contributed by atoms with E-state index in [4.69, 9.17) is 18.9 Å². The smallest absolute Gasteiger partial charge is 0.320 e. The molecular weight excluding hydrogens is 412 g/mol. The van der Waals surface area contributed by atoms with Crippen LogP contribution in [0.1, 0.15) is 27.6 Å². The normalized spacial score (nSPS) is 17.1. The van der Waals surface area contributed by atoms with E-state index < -0.39 is 23.8 Å². The van der Waals surface area contributed by atoms with Crippen LogP contribution in [-0.4, -0.2) is 31.1 Å². The maximum absolute atomic E-state index is 13.3. The summed E-state index contributed by atoms with van der Waals surface area (Å²) in [6, 6.07) is 19.1. The number of ether oxygens (including phenoxy) is 4. The summed E-state index contributed by atoms with van der Waals surface area (Å²) in [5.41, 5.74) is 1.67. The van der Waals surface area contributed by atoms with E-state index in [0.29, 0.717) is 23.7 Å². The molecule has 1 N–H and O–H groups in total. The summed E-state index contributed by atoms with van der Waals surface area (Å²) in [5, 5.41) is 10.2. The van der Waals surface area contributed by atoms with Crippen molar-refractivity contribution < 1.29 is 33.6 Å². The van der Waals surface area contributed by atoms with Crippen molar-refractivity contribution in [3.63, 3.8) is 0 Å². The van der Waals surface area contributed by atoms with Crippen LogP contribution in [0.15, 0.2) is 66.7 Å². The molecule has 0 spiro atoms. The van der Waals surface area contributed by atoms with E-state index in [0.717, 1.165) is 5.56 Å². The molecule has 0 aliphatic carbocycles. The van der Waals surface area contributed by atoms with E-state index in [-0.39, 0.29) is 17.1 Å². The number of carbonyl (C=O) groups is 2. The first-order valence-corrected chi connectivity index (χ1v) is 9.98. The van der Waals surface area contributed by atoms with Crippen molar-refractivity contribution in [2.75, 3.05) is 14.2 Å². The molecule has 3 aromatic rings. The second kappa shape index (κ2) is 9.01. The van der Waals surface area contributed by atoms with Gasteiger partial charge in [0.05, 0.1) is 19.8 Å². The average molecular weight is 434 g/mol. The third-order valence-corrected chi connectivity index (χ3v) is 5.29. The number of esters is 1. The van der Waals surface area contributed by atoms with Crippen LogP contribution < -0.4 is 14.2 Å². The largest absolute Gasteiger partial charge is 0.504 e. The molecule has 7 heteroatoms. The summed E-state index contributed by atoms with van der Waals surface area (Å²) in [5.74, 6) is -1.45. The van der Waals surface area contributed by atoms with Gasteiger partial charge in [-0.05, 0) is 41.5 Å². The second-order valence-corrected chi connectivity index (χ2v) is 7.27. The lowest BCUT2D eigenvalue weighted by molar-refractivity contribution is -0.147. The Morgan fingerprint density at radius 3 is 2.50 bits per heavy atom. The fraction of sp³-hybridized carbons (Fsp3) is 0.200. The molecule has 0 saturated carbocycles. The monoisotopic (exact) mass is 434 g/mol. The summed E-state index contributed by atoms with van der Waals surface area (Å²) < 4.78 is 21.8. The van der Waals surface area contributed by atoms with Gasteiger partial charge in [0.2, 0.25) is 0 Å². The summed E-state index contributed by atoms with van der Waals surface area (Å²) in [6.45, 7) is 0.336. The van der Waals surface area contributed by atoms with Gasteiger partial charge in [0.25, 0.3) is 0 Å². The minimum atomic E-state index is -1.23. The van der Waals surface area contributed by atoms with Gasteiger partial charge in [-0.25, -0.2) is 0 Å². The number of hydrogen-bond acceptors (Lipinski definition) is 7. The summed E-state index contributed by atoms with van der Waals surface area (Å²) in [6.07, 6.45) is -0.963. The Morgan fingerprint density at radius 2 is 1.81 bits per heavy atom. The van der Waals surface area contributed by atoms with Gasteiger partial charge < -0.3 is 24.1 Å². The van der Waals surface area contributed by atoms with Crippen molar-refractivity contribution in [2.24, 2.45) is 5.92 Å². The molecule has 2 atom stereocenters. The van der Waals surface area contributed by atoms with E-state index in [1.807, 2.05) is 30.3 Å². The zero-order valence-electron chi connectivity index (χ0n) is 17.6. The van der Waals surface area contributed by atoms with E-state index in [9.17, 15) is 14.7 Å². The van der Waals surface area contributed by atoms with Crippen molar-refractivity contribution in [1.29, 1.82) is 0 Å². The molecule has 0 aromatic heterocycles. The van der Waals surface area contributed by atoms with Crippen molar-refractivity contribution in [2.45, 2.75) is 12.7 Å². The average Bonchev–Trinajstić information content (AvgIpc) is 2.83. The van der Waals surface area contributed by atoms with E-state index in [1.54, 1.807) is 30.3 Å². The second-order valence-electron chi connectivity index (χ2n) is 7.27. The molecule has 0 amide bonds. The molecule has 1 aliphatic rings. The van der Waals surface area contributed by atoms with Gasteiger partial charge in [0.1, 0.15) is 24.2 Å². The number of Topliss-reactive ketones (excluding diaryl/α,β-unsaturated/α-hetero) is 1. The highest BCUT2D eigenvalue weighted by Crippen LogP contribution is 2.42. The van der Waals surface area contributed by atoms with Crippen LogP contribution in [0.2, 0.25) is 0 Å². The summed E-state index contributed by atoms with van der Waals surface area (Å²) >= 11 is 0. The number of rotatable bonds is 6. The fourth-order valence-electron chi connectivity index (χ4n) is 3.65. The highest BCUT2D eigenvalue weighted by atomic mass is 16.5. The Hall–Kier alpha value is -4.00. The summed E-state index contributed by atoms with van der Waals surface area (Å²) in [4.78, 5) is 25.8. The molecule has 0 bridgehead atoms. The van der Waals surface area contributed by atoms with Crippen molar-refractivity contribution >= 4 is 11.8 Å². The minimum Gasteiger partial charge on any atom is -0.504 e. The Morgan fingerprint density at radius 1 is 1.03 bits per heavy atom. The minimum absolute atomic E-state index is 0.125. The van der Waals surface area contributed by atoms with Crippen molar-refractivity contribution in [3.05, 3.63) is 83.4 Å². The highest BCUT2D eigenvalue weighted by molar-refractivity contribution is 6.11. The molecule has 0 saturated heterocycles. The molecular formula is C25H22O7. The number of carbonyl (C=O) groups excluding carboxylic acids is 2. The lowest BCUT2D eigenvalue weighted by Crippen LogP contribution is -2.37. The number of phenols is 1. The summed E-state index contributed by atoms with van der Waals surface area (Å²) in [7, 11) is 2.65. The zero-order valence-corrected chi connectivity index (χ0v) is 17.6. The van der Waals surface area contributed by atoms with Crippen LogP contribution in [0.25, 0.3) is 0 Å². The SMILES string of the molecule is COC(=O)C1C(=O)c2cc(OCc3ccccc3)ccc2OC1c1ccc(OC)c(O)c1. The predicted octanol–water partition coefficient (Wildman–Crippen LogP) is 4.09. The zero-order chi connectivity index (χ0) is 22.7. The Kier molecular flexibility index (Phi) is 5.98. The lowest BCUT2D eigenvalue weighted by atomic mass is 9.85. The molecule has 3 aromatic carbocycles. The van der Waals surface area contributed by atoms with Crippen LogP contribution in [0.5, 0.6) is 23.0 Å². The van der Waals surface area contributed by atoms with Gasteiger partial charge in [-0.3, -0.25) is 9.59 Å². The topological polar surface area (TPSA) is 91.3 Å². The Balaban J connectivity index is 1.65. The number of phenolic OH excluding ortho intramolecular Hbond substituents is 1. The molecule has 32 heavy (non-hydrogen) atoms. The van der Waals surface area contributed by atoms with Crippen LogP contribution in [0.3, 0.4) is 0 Å². The third kappa shape index (κ3) is 4.09. The van der Waals surface area contributed by atoms with Crippen LogP contribution >= 0.6 is 0 Å². The first kappa shape index (κ1) is 21.2. The lowest BCUT2D eigenvalue weighted by Gasteiger charge is -2.31. The van der Waals surface area contributed by atoms with Crippen molar-refractivity contribution in [3.8, 4) is 23.0 Å². The molecule has 1 heterocycles. The van der Waals surface area contributed by atoms with E-state index >= 15 is 0 Å². The third-order valence-electron chi connectivity index (χ3n) is 5.29. The molecule has 2 unspecified atom stereocenters. The predicted molar refractivity (Wildman–Crippen MR) is 115 cm³/mol. The quantitative estimate of drug-likeness (QED) is 0.462. The maximum atomic E-state index is 13.3. The molecule has 7 nitrogen and oxygen atoms in total. The highest BCUT2D eigenvalue weighted by Gasteiger charge is 2.44. The number of benzene rings is 3. The maximum Gasteiger partial charge on any atom is 0.320 e. The van der Waals surface area contributed by atoms with Crippen LogP contribution in [0.4, 0.5) is 0 Å². The molecule has 4 rings (SSSR count). The van der Waals surface area contributed by atoms with Gasteiger partial charge in [0, 0.05) is 0 Å². The molecule has 1 aliphatic heterocycles. The van der Waals surface area contributed by atoms with Crippen molar-refractivity contribution in [1.82, 2.24) is 0 Å². The number of ketones is 1. The number of aromatic hydroxyl groups is 1. The molecule has 164 valence electrons. The Bertz CT molecular complexity index is 1140. The van der Waals surface area contributed by atoms with Gasteiger partial charge in [-0.15, -0.1) is 0 Å². The van der Waals surface area contributed by atoms with Gasteiger partial charge in [-0.1, -0.05) is 36.4 Å². The van der Waals surface area contributed by atoms with Gasteiger partial charge >= 0.3 is 5.97 Å².